The van der Waals surface area contributed by atoms with Crippen molar-refractivity contribution in [1.29, 1.82) is 0 Å². The number of hydrogen-bond donors (Lipinski definition) is 1. The summed E-state index contributed by atoms with van der Waals surface area (Å²) in [4.78, 5) is 26.9. The number of rotatable bonds is 6. The Balaban J connectivity index is 1.89. The van der Waals surface area contributed by atoms with Gasteiger partial charge in [0, 0.05) is 23.6 Å². The van der Waals surface area contributed by atoms with Crippen LogP contribution in [0.1, 0.15) is 12.1 Å². The summed E-state index contributed by atoms with van der Waals surface area (Å²) in [6.45, 7) is 0.216. The first kappa shape index (κ1) is 16.8. The fourth-order valence-electron chi connectivity index (χ4n) is 1.70. The highest BCUT2D eigenvalue weighted by molar-refractivity contribution is 7.13. The van der Waals surface area contributed by atoms with Gasteiger partial charge < -0.3 is 10.1 Å². The van der Waals surface area contributed by atoms with Crippen molar-refractivity contribution < 1.29 is 18.7 Å². The van der Waals surface area contributed by atoms with E-state index in [1.165, 1.54) is 36.7 Å². The van der Waals surface area contributed by atoms with Crippen LogP contribution in [0.15, 0.2) is 35.7 Å². The number of hydrogen-bond acceptors (Lipinski definition) is 5. The Bertz CT molecular complexity index is 710. The van der Waals surface area contributed by atoms with E-state index >= 15 is 0 Å². The molecular weight excluding hydrogens is 319 g/mol. The predicted molar refractivity (Wildman–Crippen MR) is 86.2 cm³/mol. The SMILES string of the molecule is COC(=O)CCNC(=O)/C=C/c1csc(-c2ccc(F)cc2)n1. The monoisotopic (exact) mass is 334 g/mol. The lowest BCUT2D eigenvalue weighted by Gasteiger charge is -2.00. The Morgan fingerprint density at radius 3 is 2.78 bits per heavy atom. The van der Waals surface area contributed by atoms with E-state index in [1.807, 2.05) is 0 Å². The minimum Gasteiger partial charge on any atom is -0.469 e. The average Bonchev–Trinajstić information content (AvgIpc) is 3.02. The molecule has 1 heterocycles. The van der Waals surface area contributed by atoms with Crippen molar-refractivity contribution in [2.75, 3.05) is 13.7 Å². The molecule has 7 heteroatoms. The number of carbonyl (C=O) groups is 2. The third-order valence-electron chi connectivity index (χ3n) is 2.87. The van der Waals surface area contributed by atoms with Crippen LogP contribution in [0.3, 0.4) is 0 Å². The second kappa shape index (κ2) is 8.19. The number of amides is 1. The topological polar surface area (TPSA) is 68.3 Å². The number of carbonyl (C=O) groups excluding carboxylic acids is 2. The van der Waals surface area contributed by atoms with Crippen LogP contribution >= 0.6 is 11.3 Å². The fraction of sp³-hybridized carbons (Fsp3) is 0.188. The Morgan fingerprint density at radius 1 is 1.35 bits per heavy atom. The third kappa shape index (κ3) is 5.30. The molecule has 0 fully saturated rings. The number of methoxy groups -OCH3 is 1. The molecule has 0 aliphatic carbocycles. The quantitative estimate of drug-likeness (QED) is 0.651. The van der Waals surface area contributed by atoms with Gasteiger partial charge in [0.15, 0.2) is 0 Å². The van der Waals surface area contributed by atoms with Crippen molar-refractivity contribution >= 4 is 29.3 Å². The Kier molecular flexibility index (Phi) is 5.99. The van der Waals surface area contributed by atoms with Gasteiger partial charge >= 0.3 is 5.97 Å². The van der Waals surface area contributed by atoms with Gasteiger partial charge in [-0.1, -0.05) is 0 Å². The second-order valence-corrected chi connectivity index (χ2v) is 5.39. The summed E-state index contributed by atoms with van der Waals surface area (Å²) in [5.74, 6) is -0.989. The van der Waals surface area contributed by atoms with Crippen LogP contribution in [0.5, 0.6) is 0 Å². The Morgan fingerprint density at radius 2 is 2.09 bits per heavy atom. The van der Waals surface area contributed by atoms with Crippen molar-refractivity contribution in [2.45, 2.75) is 6.42 Å². The van der Waals surface area contributed by atoms with E-state index in [-0.39, 0.29) is 30.7 Å². The zero-order valence-electron chi connectivity index (χ0n) is 12.4. The summed E-state index contributed by atoms with van der Waals surface area (Å²) < 4.78 is 17.4. The van der Waals surface area contributed by atoms with E-state index in [4.69, 9.17) is 0 Å². The van der Waals surface area contributed by atoms with Gasteiger partial charge in [0.1, 0.15) is 10.8 Å². The summed E-state index contributed by atoms with van der Waals surface area (Å²) >= 11 is 1.41. The van der Waals surface area contributed by atoms with E-state index < -0.39 is 0 Å². The number of benzene rings is 1. The first-order chi connectivity index (χ1) is 11.1. The molecule has 120 valence electrons. The molecule has 2 rings (SSSR count). The Hall–Kier alpha value is -2.54. The first-order valence-corrected chi connectivity index (χ1v) is 7.70. The first-order valence-electron chi connectivity index (χ1n) is 6.82. The van der Waals surface area contributed by atoms with Gasteiger partial charge in [-0.2, -0.15) is 0 Å². The number of halogens is 1. The van der Waals surface area contributed by atoms with Gasteiger partial charge in [-0.25, -0.2) is 9.37 Å². The molecule has 2 aromatic rings. The van der Waals surface area contributed by atoms with Gasteiger partial charge in [0.05, 0.1) is 19.2 Å². The fourth-order valence-corrected chi connectivity index (χ4v) is 2.49. The van der Waals surface area contributed by atoms with E-state index in [1.54, 1.807) is 23.6 Å². The lowest BCUT2D eigenvalue weighted by molar-refractivity contribution is -0.140. The number of thiazole rings is 1. The van der Waals surface area contributed by atoms with Crippen molar-refractivity contribution in [1.82, 2.24) is 10.3 Å². The second-order valence-electron chi connectivity index (χ2n) is 4.53. The standard InChI is InChI=1S/C16H15FN2O3S/c1-22-15(21)8-9-18-14(20)7-6-13-10-23-16(19-13)11-2-4-12(17)5-3-11/h2-7,10H,8-9H2,1H3,(H,18,20)/b7-6+. The molecule has 0 aliphatic heterocycles. The van der Waals surface area contributed by atoms with Gasteiger partial charge in [-0.3, -0.25) is 9.59 Å². The van der Waals surface area contributed by atoms with E-state index in [2.05, 4.69) is 15.0 Å². The lowest BCUT2D eigenvalue weighted by atomic mass is 10.2. The lowest BCUT2D eigenvalue weighted by Crippen LogP contribution is -2.24. The zero-order valence-corrected chi connectivity index (χ0v) is 13.2. The summed E-state index contributed by atoms with van der Waals surface area (Å²) in [5.41, 5.74) is 1.45. The molecule has 0 saturated heterocycles. The van der Waals surface area contributed by atoms with Crippen LogP contribution in [0, 0.1) is 5.82 Å². The van der Waals surface area contributed by atoms with E-state index in [0.29, 0.717) is 5.69 Å². The van der Waals surface area contributed by atoms with Crippen LogP contribution < -0.4 is 5.32 Å². The number of ether oxygens (including phenoxy) is 1. The number of esters is 1. The van der Waals surface area contributed by atoms with Gasteiger partial charge in [0.25, 0.3) is 0 Å². The smallest absolute Gasteiger partial charge is 0.307 e. The van der Waals surface area contributed by atoms with Gasteiger partial charge in [0.2, 0.25) is 5.91 Å². The maximum absolute atomic E-state index is 12.9. The van der Waals surface area contributed by atoms with Crippen LogP contribution in [-0.4, -0.2) is 30.5 Å². The molecule has 0 radical (unpaired) electrons. The number of nitrogens with zero attached hydrogens (tertiary/aromatic N) is 1. The summed E-state index contributed by atoms with van der Waals surface area (Å²) in [5, 5.41) is 5.12. The molecule has 0 bridgehead atoms. The summed E-state index contributed by atoms with van der Waals surface area (Å²) in [7, 11) is 1.30. The minimum absolute atomic E-state index is 0.126. The van der Waals surface area contributed by atoms with Crippen LogP contribution in [0.25, 0.3) is 16.6 Å². The molecule has 1 N–H and O–H groups in total. The molecule has 1 aromatic carbocycles. The van der Waals surface area contributed by atoms with Crippen molar-refractivity contribution in [2.24, 2.45) is 0 Å². The molecule has 23 heavy (non-hydrogen) atoms. The summed E-state index contributed by atoms with van der Waals surface area (Å²) in [6.07, 6.45) is 3.05. The Labute approximate surface area is 136 Å². The summed E-state index contributed by atoms with van der Waals surface area (Å²) in [6, 6.07) is 6.06. The largest absolute Gasteiger partial charge is 0.469 e. The number of nitrogens with one attached hydrogen (secondary N) is 1. The highest BCUT2D eigenvalue weighted by atomic mass is 32.1. The van der Waals surface area contributed by atoms with E-state index in [9.17, 15) is 14.0 Å². The predicted octanol–water partition coefficient (Wildman–Crippen LogP) is 2.64. The normalized spacial score (nSPS) is 10.7. The third-order valence-corrected chi connectivity index (χ3v) is 3.78. The van der Waals surface area contributed by atoms with Crippen LogP contribution in [-0.2, 0) is 14.3 Å². The minimum atomic E-state index is -0.377. The number of aromatic nitrogens is 1. The highest BCUT2D eigenvalue weighted by Crippen LogP contribution is 2.24. The highest BCUT2D eigenvalue weighted by Gasteiger charge is 2.04. The molecule has 0 saturated carbocycles. The molecule has 0 aliphatic rings. The van der Waals surface area contributed by atoms with Crippen molar-refractivity contribution in [3.05, 3.63) is 47.2 Å². The van der Waals surface area contributed by atoms with Crippen molar-refractivity contribution in [3.8, 4) is 10.6 Å². The van der Waals surface area contributed by atoms with E-state index in [0.717, 1.165) is 10.6 Å². The van der Waals surface area contributed by atoms with Crippen LogP contribution in [0.2, 0.25) is 0 Å². The van der Waals surface area contributed by atoms with Gasteiger partial charge in [-0.05, 0) is 30.3 Å². The molecular formula is C16H15FN2O3S. The average molecular weight is 334 g/mol. The van der Waals surface area contributed by atoms with Crippen LogP contribution in [0.4, 0.5) is 4.39 Å². The van der Waals surface area contributed by atoms with Gasteiger partial charge in [-0.15, -0.1) is 11.3 Å². The molecule has 0 spiro atoms. The molecule has 0 unspecified atom stereocenters. The molecule has 1 amide bonds. The molecule has 5 nitrogen and oxygen atoms in total. The molecule has 1 aromatic heterocycles. The molecule has 0 atom stereocenters. The zero-order chi connectivity index (χ0) is 16.7. The maximum Gasteiger partial charge on any atom is 0.307 e. The maximum atomic E-state index is 12.9. The van der Waals surface area contributed by atoms with Crippen molar-refractivity contribution in [3.63, 3.8) is 0 Å².